The second-order valence-corrected chi connectivity index (χ2v) is 4.00. The van der Waals surface area contributed by atoms with E-state index >= 15 is 0 Å². The fourth-order valence-corrected chi connectivity index (χ4v) is 1.80. The molecule has 3 heteroatoms. The van der Waals surface area contributed by atoms with Crippen LogP contribution in [0.15, 0.2) is 18.3 Å². The second-order valence-electron chi connectivity index (χ2n) is 4.00. The van der Waals surface area contributed by atoms with Crippen molar-refractivity contribution in [3.05, 3.63) is 24.0 Å². The van der Waals surface area contributed by atoms with Gasteiger partial charge in [-0.15, -0.1) is 0 Å². The molecule has 1 rings (SSSR count). The molecule has 1 aromatic rings. The third-order valence-corrected chi connectivity index (χ3v) is 2.69. The Morgan fingerprint density at radius 1 is 1.44 bits per heavy atom. The summed E-state index contributed by atoms with van der Waals surface area (Å²) in [4.78, 5) is 0. The molecule has 1 atom stereocenters. The zero-order chi connectivity index (χ0) is 11.8. The van der Waals surface area contributed by atoms with E-state index in [1.165, 1.54) is 12.1 Å². The van der Waals surface area contributed by atoms with Crippen LogP contribution in [0.3, 0.4) is 0 Å². The predicted molar refractivity (Wildman–Crippen MR) is 67.6 cm³/mol. The Kier molecular flexibility index (Phi) is 6.19. The maximum Gasteiger partial charge on any atom is 0.0645 e. The van der Waals surface area contributed by atoms with Crippen LogP contribution in [0.1, 0.15) is 38.9 Å². The first-order chi connectivity index (χ1) is 7.79. The third-order valence-electron chi connectivity index (χ3n) is 2.69. The Morgan fingerprint density at radius 3 is 2.94 bits per heavy atom. The molecule has 0 aliphatic rings. The fourth-order valence-electron chi connectivity index (χ4n) is 1.80. The minimum atomic E-state index is 0.413. The lowest BCUT2D eigenvalue weighted by atomic mass is 10.2. The summed E-state index contributed by atoms with van der Waals surface area (Å²) in [5, 5.41) is 3.50. The smallest absolute Gasteiger partial charge is 0.0645 e. The summed E-state index contributed by atoms with van der Waals surface area (Å²) in [7, 11) is 0. The number of nitrogens with zero attached hydrogens (tertiary/aromatic N) is 1. The molecule has 0 fully saturated rings. The number of ether oxygens (including phenoxy) is 1. The Bertz CT molecular complexity index is 283. The zero-order valence-corrected chi connectivity index (χ0v) is 10.7. The van der Waals surface area contributed by atoms with Gasteiger partial charge in [0.15, 0.2) is 0 Å². The summed E-state index contributed by atoms with van der Waals surface area (Å²) in [6.07, 6.45) is 3.29. The van der Waals surface area contributed by atoms with Crippen LogP contribution in [0, 0.1) is 0 Å². The summed E-state index contributed by atoms with van der Waals surface area (Å²) in [6.45, 7) is 10.0. The molecule has 0 aliphatic heterocycles. The SMILES string of the molecule is CCCNC(C)c1cccn1CCOCC. The van der Waals surface area contributed by atoms with Crippen LogP contribution < -0.4 is 5.32 Å². The second kappa shape index (κ2) is 7.47. The van der Waals surface area contributed by atoms with Crippen molar-refractivity contribution in [1.29, 1.82) is 0 Å². The Balaban J connectivity index is 2.48. The molecule has 0 saturated heterocycles. The largest absolute Gasteiger partial charge is 0.380 e. The molecule has 16 heavy (non-hydrogen) atoms. The van der Waals surface area contributed by atoms with E-state index in [-0.39, 0.29) is 0 Å². The molecular weight excluding hydrogens is 200 g/mol. The van der Waals surface area contributed by atoms with Gasteiger partial charge < -0.3 is 14.6 Å². The standard InChI is InChI=1S/C13H24N2O/c1-4-8-14-12(3)13-7-6-9-15(13)10-11-16-5-2/h6-7,9,12,14H,4-5,8,10-11H2,1-3H3. The van der Waals surface area contributed by atoms with E-state index in [9.17, 15) is 0 Å². The molecule has 0 spiro atoms. The average Bonchev–Trinajstić information content (AvgIpc) is 2.74. The van der Waals surface area contributed by atoms with Gasteiger partial charge in [-0.25, -0.2) is 0 Å². The lowest BCUT2D eigenvalue weighted by Gasteiger charge is -2.16. The first-order valence-corrected chi connectivity index (χ1v) is 6.25. The van der Waals surface area contributed by atoms with Crippen molar-refractivity contribution in [3.63, 3.8) is 0 Å². The molecule has 1 N–H and O–H groups in total. The summed E-state index contributed by atoms with van der Waals surface area (Å²) < 4.78 is 7.65. The molecule has 0 amide bonds. The van der Waals surface area contributed by atoms with Crippen molar-refractivity contribution >= 4 is 0 Å². The van der Waals surface area contributed by atoms with Crippen LogP contribution >= 0.6 is 0 Å². The van der Waals surface area contributed by atoms with Gasteiger partial charge in [0.2, 0.25) is 0 Å². The highest BCUT2D eigenvalue weighted by Gasteiger charge is 2.08. The van der Waals surface area contributed by atoms with Gasteiger partial charge in [0.05, 0.1) is 6.61 Å². The fraction of sp³-hybridized carbons (Fsp3) is 0.692. The van der Waals surface area contributed by atoms with Gasteiger partial charge in [-0.2, -0.15) is 0 Å². The molecule has 0 aliphatic carbocycles. The zero-order valence-electron chi connectivity index (χ0n) is 10.7. The van der Waals surface area contributed by atoms with Gasteiger partial charge in [-0.3, -0.25) is 0 Å². The van der Waals surface area contributed by atoms with E-state index in [1.54, 1.807) is 0 Å². The Hall–Kier alpha value is -0.800. The van der Waals surface area contributed by atoms with Crippen molar-refractivity contribution in [2.45, 2.75) is 39.8 Å². The summed E-state index contributed by atoms with van der Waals surface area (Å²) in [6, 6.07) is 4.70. The van der Waals surface area contributed by atoms with E-state index in [4.69, 9.17) is 4.74 Å². The van der Waals surface area contributed by atoms with Crippen molar-refractivity contribution in [2.75, 3.05) is 19.8 Å². The van der Waals surface area contributed by atoms with Crippen LogP contribution in [0.5, 0.6) is 0 Å². The number of hydrogen-bond donors (Lipinski definition) is 1. The molecular formula is C13H24N2O. The molecule has 3 nitrogen and oxygen atoms in total. The minimum Gasteiger partial charge on any atom is -0.380 e. The van der Waals surface area contributed by atoms with E-state index in [2.05, 4.69) is 42.1 Å². The van der Waals surface area contributed by atoms with Crippen LogP contribution in [-0.2, 0) is 11.3 Å². The lowest BCUT2D eigenvalue weighted by molar-refractivity contribution is 0.138. The van der Waals surface area contributed by atoms with Gasteiger partial charge in [0.25, 0.3) is 0 Å². The molecule has 0 bridgehead atoms. The summed E-state index contributed by atoms with van der Waals surface area (Å²) in [5.74, 6) is 0. The van der Waals surface area contributed by atoms with Gasteiger partial charge in [0, 0.05) is 31.1 Å². The predicted octanol–water partition coefficient (Wildman–Crippen LogP) is 2.59. The van der Waals surface area contributed by atoms with Crippen molar-refractivity contribution in [3.8, 4) is 0 Å². The molecule has 1 heterocycles. The minimum absolute atomic E-state index is 0.413. The number of rotatable bonds is 8. The normalized spacial score (nSPS) is 12.9. The van der Waals surface area contributed by atoms with Crippen LogP contribution in [0.4, 0.5) is 0 Å². The first-order valence-electron chi connectivity index (χ1n) is 6.25. The average molecular weight is 224 g/mol. The number of hydrogen-bond acceptors (Lipinski definition) is 2. The van der Waals surface area contributed by atoms with Crippen LogP contribution in [-0.4, -0.2) is 24.3 Å². The Morgan fingerprint density at radius 2 is 2.25 bits per heavy atom. The van der Waals surface area contributed by atoms with Gasteiger partial charge in [-0.1, -0.05) is 6.92 Å². The topological polar surface area (TPSA) is 26.2 Å². The molecule has 92 valence electrons. The maximum atomic E-state index is 5.38. The van der Waals surface area contributed by atoms with E-state index in [0.717, 1.165) is 26.3 Å². The summed E-state index contributed by atoms with van der Waals surface area (Å²) in [5.41, 5.74) is 1.34. The maximum absolute atomic E-state index is 5.38. The summed E-state index contributed by atoms with van der Waals surface area (Å²) >= 11 is 0. The van der Waals surface area contributed by atoms with Crippen LogP contribution in [0.25, 0.3) is 0 Å². The highest BCUT2D eigenvalue weighted by molar-refractivity contribution is 5.11. The Labute approximate surface area is 98.8 Å². The third kappa shape index (κ3) is 3.99. The van der Waals surface area contributed by atoms with E-state index < -0.39 is 0 Å². The van der Waals surface area contributed by atoms with Crippen molar-refractivity contribution in [1.82, 2.24) is 9.88 Å². The first kappa shape index (κ1) is 13.3. The highest BCUT2D eigenvalue weighted by Crippen LogP contribution is 2.13. The van der Waals surface area contributed by atoms with Crippen LogP contribution in [0.2, 0.25) is 0 Å². The van der Waals surface area contributed by atoms with Gasteiger partial charge in [-0.05, 0) is 38.9 Å². The van der Waals surface area contributed by atoms with E-state index in [0.29, 0.717) is 6.04 Å². The van der Waals surface area contributed by atoms with Gasteiger partial charge in [0.1, 0.15) is 0 Å². The molecule has 1 unspecified atom stereocenters. The van der Waals surface area contributed by atoms with E-state index in [1.807, 2.05) is 6.92 Å². The van der Waals surface area contributed by atoms with Gasteiger partial charge >= 0.3 is 0 Å². The molecule has 0 aromatic carbocycles. The highest BCUT2D eigenvalue weighted by atomic mass is 16.5. The van der Waals surface area contributed by atoms with Crippen molar-refractivity contribution < 1.29 is 4.74 Å². The molecule has 0 radical (unpaired) electrons. The quantitative estimate of drug-likeness (QED) is 0.687. The molecule has 0 saturated carbocycles. The lowest BCUT2D eigenvalue weighted by Crippen LogP contribution is -2.22. The monoisotopic (exact) mass is 224 g/mol. The number of aromatic nitrogens is 1. The number of nitrogens with one attached hydrogen (secondary N) is 1. The van der Waals surface area contributed by atoms with Crippen molar-refractivity contribution in [2.24, 2.45) is 0 Å². The molecule has 1 aromatic heterocycles.